The van der Waals surface area contributed by atoms with Crippen LogP contribution in [-0.4, -0.2) is 27.5 Å². The number of thioether (sulfide) groups is 1. The van der Waals surface area contributed by atoms with Crippen LogP contribution in [0.4, 0.5) is 0 Å². The Balaban J connectivity index is 1.73. The van der Waals surface area contributed by atoms with Crippen LogP contribution in [0.5, 0.6) is 0 Å². The van der Waals surface area contributed by atoms with Gasteiger partial charge in [0.05, 0.1) is 11.6 Å². The third-order valence-electron chi connectivity index (χ3n) is 3.66. The van der Waals surface area contributed by atoms with E-state index in [1.54, 1.807) is 29.3 Å². The van der Waals surface area contributed by atoms with Gasteiger partial charge in [0.25, 0.3) is 5.56 Å². The first kappa shape index (κ1) is 17.6. The van der Waals surface area contributed by atoms with E-state index in [-0.39, 0.29) is 17.2 Å². The van der Waals surface area contributed by atoms with Gasteiger partial charge in [0, 0.05) is 30.5 Å². The third kappa shape index (κ3) is 4.60. The highest BCUT2D eigenvalue weighted by molar-refractivity contribution is 7.99. The van der Waals surface area contributed by atoms with Gasteiger partial charge in [-0.05, 0) is 26.2 Å². The summed E-state index contributed by atoms with van der Waals surface area (Å²) in [5, 5.41) is 0.774. The fourth-order valence-corrected chi connectivity index (χ4v) is 3.37. The molecule has 0 aromatic carbocycles. The van der Waals surface area contributed by atoms with E-state index in [4.69, 9.17) is 4.74 Å². The van der Waals surface area contributed by atoms with Crippen molar-refractivity contribution in [1.82, 2.24) is 9.13 Å². The summed E-state index contributed by atoms with van der Waals surface area (Å²) in [6, 6.07) is 1.55. The molecule has 0 saturated heterocycles. The predicted molar refractivity (Wildman–Crippen MR) is 89.9 cm³/mol. The second kappa shape index (κ2) is 8.19. The van der Waals surface area contributed by atoms with Gasteiger partial charge < -0.3 is 4.74 Å². The van der Waals surface area contributed by atoms with Crippen molar-refractivity contribution >= 4 is 17.7 Å². The first-order valence-corrected chi connectivity index (χ1v) is 8.79. The summed E-state index contributed by atoms with van der Waals surface area (Å²) in [5.41, 5.74) is -0.0152. The van der Waals surface area contributed by atoms with Crippen LogP contribution >= 0.6 is 11.8 Å². The average Bonchev–Trinajstić information content (AvgIpc) is 2.97. The quantitative estimate of drug-likeness (QED) is 0.313. The van der Waals surface area contributed by atoms with Crippen molar-refractivity contribution in [3.05, 3.63) is 39.1 Å². The number of nitrogens with zero attached hydrogens (tertiary/aromatic N) is 2. The summed E-state index contributed by atoms with van der Waals surface area (Å²) in [6.07, 6.45) is 3.30. The predicted octanol–water partition coefficient (Wildman–Crippen LogP) is 1.80. The summed E-state index contributed by atoms with van der Waals surface area (Å²) < 4.78 is 7.99. The lowest BCUT2D eigenvalue weighted by Crippen LogP contribution is -2.39. The molecule has 0 fully saturated rings. The number of esters is 1. The number of ether oxygens (including phenoxy) is 1. The second-order valence-electron chi connectivity index (χ2n) is 5.59. The minimum absolute atomic E-state index is 0.201. The van der Waals surface area contributed by atoms with Gasteiger partial charge in [-0.3, -0.25) is 13.9 Å². The fourth-order valence-electron chi connectivity index (χ4n) is 2.38. The zero-order valence-electron chi connectivity index (χ0n) is 13.4. The summed E-state index contributed by atoms with van der Waals surface area (Å²) in [4.78, 5) is 35.4. The van der Waals surface area contributed by atoms with Gasteiger partial charge in [0.1, 0.15) is 0 Å². The molecule has 0 saturated carbocycles. The topological polar surface area (TPSA) is 70.3 Å². The lowest BCUT2D eigenvalue weighted by molar-refractivity contribution is -0.139. The molecule has 0 N–H and O–H groups in total. The van der Waals surface area contributed by atoms with E-state index in [9.17, 15) is 14.4 Å². The van der Waals surface area contributed by atoms with Crippen molar-refractivity contribution in [2.45, 2.75) is 50.7 Å². The molecule has 0 spiro atoms. The van der Waals surface area contributed by atoms with E-state index >= 15 is 0 Å². The van der Waals surface area contributed by atoms with E-state index < -0.39 is 0 Å². The molecule has 1 aliphatic heterocycles. The molecule has 23 heavy (non-hydrogen) atoms. The lowest BCUT2D eigenvalue weighted by Gasteiger charge is -2.08. The van der Waals surface area contributed by atoms with Crippen LogP contribution in [0, 0.1) is 0 Å². The van der Waals surface area contributed by atoms with Crippen molar-refractivity contribution in [1.29, 1.82) is 0 Å². The molecule has 0 amide bonds. The van der Waals surface area contributed by atoms with Crippen molar-refractivity contribution in [3.63, 3.8) is 0 Å². The molecular weight excluding hydrogens is 316 g/mol. The van der Waals surface area contributed by atoms with Crippen LogP contribution < -0.4 is 11.2 Å². The summed E-state index contributed by atoms with van der Waals surface area (Å²) >= 11 is 1.55. The van der Waals surface area contributed by atoms with Gasteiger partial charge in [0.2, 0.25) is 0 Å². The Morgan fingerprint density at radius 2 is 2.04 bits per heavy atom. The molecule has 2 rings (SSSR count). The number of rotatable bonds is 8. The Kier molecular flexibility index (Phi) is 6.27. The average molecular weight is 338 g/mol. The first-order chi connectivity index (χ1) is 11.0. The zero-order chi connectivity index (χ0) is 16.8. The second-order valence-corrected chi connectivity index (χ2v) is 6.70. The standard InChI is InChI=1S/C16H22N2O4S/c1-12(2)15(20)22-9-6-4-3-5-7-17-13(19)11-14-18(16(17)21)8-10-23-14/h11H,1,3-10H2,2H3. The SMILES string of the molecule is C=C(C)C(=O)OCCCCCCn1c(=O)cc2n(c1=O)CCS2. The highest BCUT2D eigenvalue weighted by Crippen LogP contribution is 2.21. The Labute approximate surface area is 139 Å². The highest BCUT2D eigenvalue weighted by Gasteiger charge is 2.16. The van der Waals surface area contributed by atoms with Gasteiger partial charge in [-0.15, -0.1) is 11.8 Å². The normalized spacial score (nSPS) is 12.9. The highest BCUT2D eigenvalue weighted by atomic mass is 32.2. The lowest BCUT2D eigenvalue weighted by atomic mass is 10.2. The zero-order valence-corrected chi connectivity index (χ0v) is 14.2. The van der Waals surface area contributed by atoms with Crippen LogP contribution in [0.15, 0.2) is 32.8 Å². The van der Waals surface area contributed by atoms with E-state index in [0.29, 0.717) is 25.3 Å². The Bertz CT molecular complexity index is 705. The minimum Gasteiger partial charge on any atom is -0.462 e. The molecule has 0 bridgehead atoms. The van der Waals surface area contributed by atoms with Gasteiger partial charge in [-0.1, -0.05) is 13.0 Å². The molecule has 6 nitrogen and oxygen atoms in total. The molecule has 0 aliphatic carbocycles. The van der Waals surface area contributed by atoms with Gasteiger partial charge in [-0.25, -0.2) is 9.59 Å². The summed E-state index contributed by atoms with van der Waals surface area (Å²) in [6.45, 7) is 6.63. The van der Waals surface area contributed by atoms with E-state index in [0.717, 1.165) is 36.5 Å². The van der Waals surface area contributed by atoms with Crippen LogP contribution in [0.3, 0.4) is 0 Å². The molecule has 1 aromatic rings. The van der Waals surface area contributed by atoms with Crippen molar-refractivity contribution in [2.75, 3.05) is 12.4 Å². The molecule has 0 atom stereocenters. The summed E-state index contributed by atoms with van der Waals surface area (Å²) in [7, 11) is 0. The number of carbonyl (C=O) groups is 1. The first-order valence-electron chi connectivity index (χ1n) is 7.81. The molecule has 0 unspecified atom stereocenters. The number of carbonyl (C=O) groups excluding carboxylic acids is 1. The monoisotopic (exact) mass is 338 g/mol. The maximum absolute atomic E-state index is 12.2. The van der Waals surface area contributed by atoms with Crippen molar-refractivity contribution in [3.8, 4) is 0 Å². The van der Waals surface area contributed by atoms with Gasteiger partial charge in [-0.2, -0.15) is 0 Å². The number of unbranched alkanes of at least 4 members (excludes halogenated alkanes) is 3. The number of aromatic nitrogens is 2. The maximum Gasteiger partial charge on any atom is 0.333 e. The molecule has 0 radical (unpaired) electrons. The molecule has 7 heteroatoms. The van der Waals surface area contributed by atoms with Gasteiger partial charge >= 0.3 is 11.7 Å². The van der Waals surface area contributed by atoms with Crippen LogP contribution in [0.2, 0.25) is 0 Å². The molecular formula is C16H22N2O4S. The van der Waals surface area contributed by atoms with E-state index in [1.165, 1.54) is 4.57 Å². The maximum atomic E-state index is 12.2. The van der Waals surface area contributed by atoms with Crippen LogP contribution in [0.25, 0.3) is 0 Å². The minimum atomic E-state index is -0.361. The molecule has 1 aromatic heterocycles. The van der Waals surface area contributed by atoms with Crippen molar-refractivity contribution < 1.29 is 9.53 Å². The van der Waals surface area contributed by atoms with E-state index in [1.807, 2.05) is 0 Å². The Morgan fingerprint density at radius 3 is 2.78 bits per heavy atom. The number of hydrogen-bond acceptors (Lipinski definition) is 5. The van der Waals surface area contributed by atoms with Crippen LogP contribution in [0.1, 0.15) is 32.6 Å². The van der Waals surface area contributed by atoms with Crippen LogP contribution in [-0.2, 0) is 22.6 Å². The third-order valence-corrected chi connectivity index (χ3v) is 4.68. The van der Waals surface area contributed by atoms with Gasteiger partial charge in [0.15, 0.2) is 0 Å². The molecule has 1 aliphatic rings. The Morgan fingerprint density at radius 1 is 1.30 bits per heavy atom. The molecule has 126 valence electrons. The van der Waals surface area contributed by atoms with E-state index in [2.05, 4.69) is 6.58 Å². The fraction of sp³-hybridized carbons (Fsp3) is 0.562. The van der Waals surface area contributed by atoms with Crippen molar-refractivity contribution in [2.24, 2.45) is 0 Å². The number of hydrogen-bond donors (Lipinski definition) is 0. The smallest absolute Gasteiger partial charge is 0.333 e. The summed E-state index contributed by atoms with van der Waals surface area (Å²) in [5.74, 6) is 0.488. The number of fused-ring (bicyclic) bond motifs is 1. The molecule has 2 heterocycles. The Hall–Kier alpha value is -1.76. The largest absolute Gasteiger partial charge is 0.462 e.